The summed E-state index contributed by atoms with van der Waals surface area (Å²) < 4.78 is 12.8. The van der Waals surface area contributed by atoms with E-state index in [0.29, 0.717) is 0 Å². The van der Waals surface area contributed by atoms with E-state index in [-0.39, 0.29) is 12.4 Å². The highest BCUT2D eigenvalue weighted by Gasteiger charge is 2.28. The number of anilines is 1. The molecule has 1 aromatic heterocycles. The summed E-state index contributed by atoms with van der Waals surface area (Å²) in [5, 5.41) is 15.3. The van der Waals surface area contributed by atoms with Gasteiger partial charge in [0.1, 0.15) is 16.4 Å². The SMILES string of the molecule is CC(CO)(Nc1ccc(F)cc1)c1nccs1. The molecule has 0 aliphatic carbocycles. The zero-order valence-electron chi connectivity index (χ0n) is 9.35. The maximum absolute atomic E-state index is 12.8. The van der Waals surface area contributed by atoms with Crippen molar-refractivity contribution in [1.82, 2.24) is 4.98 Å². The monoisotopic (exact) mass is 252 g/mol. The van der Waals surface area contributed by atoms with Crippen molar-refractivity contribution in [2.45, 2.75) is 12.5 Å². The molecule has 0 radical (unpaired) electrons. The van der Waals surface area contributed by atoms with Crippen LogP contribution in [0.4, 0.5) is 10.1 Å². The third kappa shape index (κ3) is 2.62. The number of nitrogens with zero attached hydrogens (tertiary/aromatic N) is 1. The highest BCUT2D eigenvalue weighted by Crippen LogP contribution is 2.27. The standard InChI is InChI=1S/C12H13FN2OS/c1-12(8-16,11-14-6-7-17-11)15-10-4-2-9(13)3-5-10/h2-7,15-16H,8H2,1H3. The minimum absolute atomic E-state index is 0.0854. The molecular weight excluding hydrogens is 239 g/mol. The van der Waals surface area contributed by atoms with Crippen LogP contribution in [-0.4, -0.2) is 16.7 Å². The van der Waals surface area contributed by atoms with Gasteiger partial charge in [0.15, 0.2) is 0 Å². The van der Waals surface area contributed by atoms with E-state index in [1.54, 1.807) is 18.3 Å². The molecule has 3 nitrogen and oxygen atoms in total. The van der Waals surface area contributed by atoms with Gasteiger partial charge >= 0.3 is 0 Å². The lowest BCUT2D eigenvalue weighted by Crippen LogP contribution is -2.35. The largest absolute Gasteiger partial charge is 0.393 e. The number of aliphatic hydroxyl groups is 1. The van der Waals surface area contributed by atoms with Crippen LogP contribution >= 0.6 is 11.3 Å². The van der Waals surface area contributed by atoms with Gasteiger partial charge < -0.3 is 10.4 Å². The van der Waals surface area contributed by atoms with E-state index in [9.17, 15) is 9.50 Å². The molecule has 1 aromatic carbocycles. The Balaban J connectivity index is 2.23. The number of hydrogen-bond donors (Lipinski definition) is 2. The van der Waals surface area contributed by atoms with E-state index in [1.165, 1.54) is 23.5 Å². The van der Waals surface area contributed by atoms with Crippen LogP contribution in [0, 0.1) is 5.82 Å². The summed E-state index contributed by atoms with van der Waals surface area (Å²) in [7, 11) is 0. The molecule has 2 aromatic rings. The van der Waals surface area contributed by atoms with Gasteiger partial charge in [0.05, 0.1) is 6.61 Å². The molecule has 1 heterocycles. The van der Waals surface area contributed by atoms with Gasteiger partial charge in [-0.3, -0.25) is 0 Å². The van der Waals surface area contributed by atoms with Crippen molar-refractivity contribution in [3.8, 4) is 0 Å². The molecule has 2 N–H and O–H groups in total. The summed E-state index contributed by atoms with van der Waals surface area (Å²) >= 11 is 1.47. The van der Waals surface area contributed by atoms with Crippen LogP contribution in [0.3, 0.4) is 0 Å². The fourth-order valence-corrected chi connectivity index (χ4v) is 2.26. The van der Waals surface area contributed by atoms with E-state index >= 15 is 0 Å². The van der Waals surface area contributed by atoms with E-state index in [2.05, 4.69) is 10.3 Å². The Morgan fingerprint density at radius 2 is 2.12 bits per heavy atom. The zero-order chi connectivity index (χ0) is 12.3. The van der Waals surface area contributed by atoms with Gasteiger partial charge in [0, 0.05) is 17.3 Å². The Bertz CT molecular complexity index is 472. The number of aliphatic hydroxyl groups excluding tert-OH is 1. The summed E-state index contributed by atoms with van der Waals surface area (Å²) in [6.45, 7) is 1.77. The van der Waals surface area contributed by atoms with Crippen LogP contribution in [-0.2, 0) is 5.54 Å². The topological polar surface area (TPSA) is 45.1 Å². The quantitative estimate of drug-likeness (QED) is 0.879. The molecule has 0 saturated heterocycles. The van der Waals surface area contributed by atoms with Crippen molar-refractivity contribution < 1.29 is 9.50 Å². The molecule has 0 fully saturated rings. The Kier molecular flexibility index (Phi) is 3.40. The lowest BCUT2D eigenvalue weighted by Gasteiger charge is -2.27. The van der Waals surface area contributed by atoms with Crippen molar-refractivity contribution in [3.63, 3.8) is 0 Å². The third-order valence-corrected chi connectivity index (χ3v) is 3.52. The van der Waals surface area contributed by atoms with E-state index in [1.807, 2.05) is 12.3 Å². The summed E-state index contributed by atoms with van der Waals surface area (Å²) in [5.41, 5.74) is 0.101. The number of halogens is 1. The summed E-state index contributed by atoms with van der Waals surface area (Å²) in [6.07, 6.45) is 1.69. The van der Waals surface area contributed by atoms with E-state index in [0.717, 1.165) is 10.7 Å². The highest BCUT2D eigenvalue weighted by molar-refractivity contribution is 7.09. The van der Waals surface area contributed by atoms with Gasteiger partial charge in [-0.1, -0.05) is 0 Å². The van der Waals surface area contributed by atoms with Gasteiger partial charge in [-0.15, -0.1) is 11.3 Å². The molecule has 0 bridgehead atoms. The summed E-state index contributed by atoms with van der Waals surface area (Å²) in [5.74, 6) is -0.282. The van der Waals surface area contributed by atoms with Gasteiger partial charge in [-0.2, -0.15) is 0 Å². The van der Waals surface area contributed by atoms with Crippen LogP contribution in [0.25, 0.3) is 0 Å². The fraction of sp³-hybridized carbons (Fsp3) is 0.250. The molecular formula is C12H13FN2OS. The predicted octanol–water partition coefficient (Wildman–Crippen LogP) is 2.60. The molecule has 5 heteroatoms. The van der Waals surface area contributed by atoms with Crippen LogP contribution in [0.2, 0.25) is 0 Å². The molecule has 1 atom stereocenters. The van der Waals surface area contributed by atoms with Crippen LogP contribution in [0.5, 0.6) is 0 Å². The third-order valence-electron chi connectivity index (χ3n) is 2.49. The molecule has 0 amide bonds. The average molecular weight is 252 g/mol. The van der Waals surface area contributed by atoms with Gasteiger partial charge in [0.25, 0.3) is 0 Å². The first-order valence-electron chi connectivity index (χ1n) is 5.19. The number of aromatic nitrogens is 1. The zero-order valence-corrected chi connectivity index (χ0v) is 10.2. The van der Waals surface area contributed by atoms with Gasteiger partial charge in [-0.05, 0) is 31.2 Å². The fourth-order valence-electron chi connectivity index (χ4n) is 1.51. The van der Waals surface area contributed by atoms with Crippen molar-refractivity contribution in [2.24, 2.45) is 0 Å². The van der Waals surface area contributed by atoms with Crippen molar-refractivity contribution in [1.29, 1.82) is 0 Å². The first kappa shape index (κ1) is 12.0. The average Bonchev–Trinajstić information content (AvgIpc) is 2.86. The minimum Gasteiger partial charge on any atom is -0.393 e. The first-order chi connectivity index (χ1) is 8.14. The van der Waals surface area contributed by atoms with Crippen molar-refractivity contribution >= 4 is 17.0 Å². The van der Waals surface area contributed by atoms with Crippen molar-refractivity contribution in [2.75, 3.05) is 11.9 Å². The Morgan fingerprint density at radius 1 is 1.41 bits per heavy atom. The van der Waals surface area contributed by atoms with E-state index < -0.39 is 5.54 Å². The second-order valence-electron chi connectivity index (χ2n) is 3.96. The predicted molar refractivity (Wildman–Crippen MR) is 66.6 cm³/mol. The first-order valence-corrected chi connectivity index (χ1v) is 6.06. The molecule has 0 spiro atoms. The second-order valence-corrected chi connectivity index (χ2v) is 4.85. The van der Waals surface area contributed by atoms with Crippen LogP contribution in [0.15, 0.2) is 35.8 Å². The van der Waals surface area contributed by atoms with Gasteiger partial charge in [0.2, 0.25) is 0 Å². The van der Waals surface area contributed by atoms with Crippen LogP contribution < -0.4 is 5.32 Å². The molecule has 0 saturated carbocycles. The Morgan fingerprint density at radius 3 is 2.65 bits per heavy atom. The number of rotatable bonds is 4. The van der Waals surface area contributed by atoms with E-state index in [4.69, 9.17) is 0 Å². The number of hydrogen-bond acceptors (Lipinski definition) is 4. The Hall–Kier alpha value is -1.46. The molecule has 2 rings (SSSR count). The number of nitrogens with one attached hydrogen (secondary N) is 1. The number of benzene rings is 1. The molecule has 17 heavy (non-hydrogen) atoms. The Labute approximate surface area is 103 Å². The lowest BCUT2D eigenvalue weighted by atomic mass is 10.0. The molecule has 0 aliphatic heterocycles. The summed E-state index contributed by atoms with van der Waals surface area (Å²) in [6, 6.07) is 6.03. The van der Waals surface area contributed by atoms with Crippen LogP contribution in [0.1, 0.15) is 11.9 Å². The highest BCUT2D eigenvalue weighted by atomic mass is 32.1. The second kappa shape index (κ2) is 4.81. The molecule has 90 valence electrons. The minimum atomic E-state index is -0.647. The summed E-state index contributed by atoms with van der Waals surface area (Å²) in [4.78, 5) is 4.19. The van der Waals surface area contributed by atoms with Gasteiger partial charge in [-0.25, -0.2) is 9.37 Å². The molecule has 1 unspecified atom stereocenters. The number of thiazole rings is 1. The van der Waals surface area contributed by atoms with Crippen molar-refractivity contribution in [3.05, 3.63) is 46.7 Å². The molecule has 0 aliphatic rings. The maximum Gasteiger partial charge on any atom is 0.123 e. The smallest absolute Gasteiger partial charge is 0.123 e. The normalized spacial score (nSPS) is 14.3. The lowest BCUT2D eigenvalue weighted by molar-refractivity contribution is 0.223. The maximum atomic E-state index is 12.8.